The lowest BCUT2D eigenvalue weighted by molar-refractivity contribution is -0.134. The molecule has 2 aliphatic heterocycles. The molecule has 0 aromatic heterocycles. The van der Waals surface area contributed by atoms with E-state index >= 15 is 0 Å². The number of halogens is 1. The summed E-state index contributed by atoms with van der Waals surface area (Å²) in [5.74, 6) is -0.339. The summed E-state index contributed by atoms with van der Waals surface area (Å²) in [6.45, 7) is 2.86. The lowest BCUT2D eigenvalue weighted by Gasteiger charge is -2.44. The van der Waals surface area contributed by atoms with Crippen LogP contribution in [-0.2, 0) is 27.8 Å². The highest BCUT2D eigenvalue weighted by Gasteiger charge is 2.52. The van der Waals surface area contributed by atoms with Crippen LogP contribution in [0.1, 0.15) is 29.5 Å². The first-order valence-corrected chi connectivity index (χ1v) is 13.7. The number of rotatable bonds is 6. The Morgan fingerprint density at radius 1 is 0.917 bits per heavy atom. The van der Waals surface area contributed by atoms with Crippen molar-refractivity contribution in [1.29, 1.82) is 0 Å². The van der Waals surface area contributed by atoms with Crippen LogP contribution in [0.4, 0.5) is 4.39 Å². The quantitative estimate of drug-likeness (QED) is 0.550. The number of benzene rings is 3. The first-order chi connectivity index (χ1) is 17.3. The van der Waals surface area contributed by atoms with Crippen molar-refractivity contribution in [3.05, 3.63) is 101 Å². The highest BCUT2D eigenvalue weighted by Crippen LogP contribution is 2.36. The van der Waals surface area contributed by atoms with E-state index in [0.29, 0.717) is 38.9 Å². The van der Waals surface area contributed by atoms with Crippen LogP contribution in [0.3, 0.4) is 0 Å². The second-order valence-corrected chi connectivity index (χ2v) is 11.6. The number of hydrogen-bond acceptors (Lipinski definition) is 4. The summed E-state index contributed by atoms with van der Waals surface area (Å²) in [4.78, 5) is 15.8. The van der Waals surface area contributed by atoms with Crippen LogP contribution >= 0.6 is 0 Å². The van der Waals surface area contributed by atoms with Crippen LogP contribution in [0.5, 0.6) is 0 Å². The van der Waals surface area contributed by atoms with Crippen molar-refractivity contribution in [2.45, 2.75) is 49.3 Å². The van der Waals surface area contributed by atoms with Crippen molar-refractivity contribution in [1.82, 2.24) is 14.5 Å². The number of sulfonamides is 1. The van der Waals surface area contributed by atoms with Crippen molar-refractivity contribution >= 4 is 15.9 Å². The van der Waals surface area contributed by atoms with Gasteiger partial charge in [-0.15, -0.1) is 0 Å². The van der Waals surface area contributed by atoms with Gasteiger partial charge in [0.25, 0.3) is 0 Å². The molecular weight excluding hydrogens is 477 g/mol. The predicted octanol–water partition coefficient (Wildman–Crippen LogP) is 3.86. The molecule has 0 aliphatic carbocycles. The molecule has 3 aromatic rings. The van der Waals surface area contributed by atoms with Crippen LogP contribution in [0.25, 0.3) is 0 Å². The number of carbonyl (C=O) groups excluding carboxylic acids is 1. The number of nitrogens with zero attached hydrogens (tertiary/aromatic N) is 2. The minimum atomic E-state index is -3.62. The first-order valence-electron chi connectivity index (χ1n) is 12.2. The minimum Gasteiger partial charge on any atom is -0.319 e. The number of hydrogen-bond donors (Lipinski definition) is 1. The van der Waals surface area contributed by atoms with E-state index in [9.17, 15) is 17.6 Å². The molecule has 1 spiro atoms. The van der Waals surface area contributed by atoms with Gasteiger partial charge in [-0.05, 0) is 61.6 Å². The Hall–Kier alpha value is -3.07. The van der Waals surface area contributed by atoms with Crippen molar-refractivity contribution in [2.75, 3.05) is 13.1 Å². The van der Waals surface area contributed by atoms with Gasteiger partial charge in [0.2, 0.25) is 15.9 Å². The lowest BCUT2D eigenvalue weighted by atomic mass is 9.96. The third-order valence-electron chi connectivity index (χ3n) is 7.27. The van der Waals surface area contributed by atoms with Gasteiger partial charge >= 0.3 is 0 Å². The molecule has 2 fully saturated rings. The van der Waals surface area contributed by atoms with Gasteiger partial charge in [-0.25, -0.2) is 12.8 Å². The molecule has 0 saturated carbocycles. The van der Waals surface area contributed by atoms with E-state index < -0.39 is 21.7 Å². The molecular formula is C28H30FN3O3S. The molecule has 6 nitrogen and oxygen atoms in total. The number of carbonyl (C=O) groups is 1. The molecule has 0 bridgehead atoms. The van der Waals surface area contributed by atoms with Gasteiger partial charge < -0.3 is 4.90 Å². The topological polar surface area (TPSA) is 69.7 Å². The van der Waals surface area contributed by atoms with E-state index in [1.807, 2.05) is 42.2 Å². The maximum atomic E-state index is 13.6. The summed E-state index contributed by atoms with van der Waals surface area (Å²) >= 11 is 0. The molecule has 2 heterocycles. The van der Waals surface area contributed by atoms with Crippen LogP contribution in [0.15, 0.2) is 83.8 Å². The van der Waals surface area contributed by atoms with Crippen LogP contribution in [-0.4, -0.2) is 48.3 Å². The van der Waals surface area contributed by atoms with E-state index in [1.165, 1.54) is 16.4 Å². The first kappa shape index (κ1) is 24.6. The predicted molar refractivity (Wildman–Crippen MR) is 136 cm³/mol. The summed E-state index contributed by atoms with van der Waals surface area (Å²) in [5.41, 5.74) is 2.23. The second kappa shape index (κ2) is 9.76. The summed E-state index contributed by atoms with van der Waals surface area (Å²) in [6.07, 6.45) is 1.49. The standard InChI is InChI=1S/C28H30FN3O3S/c1-21-7-13-25(14-8-21)36(34,35)31-17-15-28(16-18-31)30-26(19-22-5-3-2-4-6-22)27(33)32(28)20-23-9-11-24(29)12-10-23/h2-14,26,30H,15-20H2,1H3/t26-/m1/s1. The van der Waals surface area contributed by atoms with Crippen molar-refractivity contribution in [2.24, 2.45) is 0 Å². The molecule has 0 unspecified atom stereocenters. The Morgan fingerprint density at radius 3 is 2.19 bits per heavy atom. The third-order valence-corrected chi connectivity index (χ3v) is 9.18. The average Bonchev–Trinajstić information content (AvgIpc) is 3.11. The number of aryl methyl sites for hydroxylation is 1. The van der Waals surface area contributed by atoms with E-state index in [4.69, 9.17) is 0 Å². The van der Waals surface area contributed by atoms with E-state index in [1.54, 1.807) is 36.4 Å². The molecule has 188 valence electrons. The Kier molecular flexibility index (Phi) is 6.68. The monoisotopic (exact) mass is 507 g/mol. The van der Waals surface area contributed by atoms with Crippen LogP contribution in [0.2, 0.25) is 0 Å². The molecule has 3 aromatic carbocycles. The fourth-order valence-corrected chi connectivity index (χ4v) is 6.66. The summed E-state index contributed by atoms with van der Waals surface area (Å²) in [7, 11) is -3.62. The van der Waals surface area contributed by atoms with Crippen LogP contribution in [0, 0.1) is 12.7 Å². The van der Waals surface area contributed by atoms with Gasteiger partial charge in [0.1, 0.15) is 5.82 Å². The van der Waals surface area contributed by atoms with Crippen LogP contribution < -0.4 is 5.32 Å². The molecule has 1 N–H and O–H groups in total. The zero-order valence-corrected chi connectivity index (χ0v) is 21.0. The van der Waals surface area contributed by atoms with E-state index in [0.717, 1.165) is 16.7 Å². The summed E-state index contributed by atoms with van der Waals surface area (Å²) in [5, 5.41) is 3.59. The van der Waals surface area contributed by atoms with Crippen molar-refractivity contribution in [3.63, 3.8) is 0 Å². The molecule has 1 amide bonds. The molecule has 0 radical (unpaired) electrons. The van der Waals surface area contributed by atoms with Gasteiger partial charge in [-0.1, -0.05) is 60.2 Å². The third kappa shape index (κ3) is 4.81. The normalized spacial score (nSPS) is 20.2. The zero-order chi connectivity index (χ0) is 25.3. The highest BCUT2D eigenvalue weighted by molar-refractivity contribution is 7.89. The van der Waals surface area contributed by atoms with E-state index in [-0.39, 0.29) is 16.6 Å². The largest absolute Gasteiger partial charge is 0.319 e. The smallest absolute Gasteiger partial charge is 0.243 e. The van der Waals surface area contributed by atoms with Crippen molar-refractivity contribution in [3.8, 4) is 0 Å². The van der Waals surface area contributed by atoms with Crippen molar-refractivity contribution < 1.29 is 17.6 Å². The van der Waals surface area contributed by atoms with E-state index in [2.05, 4.69) is 5.32 Å². The molecule has 1 atom stereocenters. The maximum absolute atomic E-state index is 13.6. The van der Waals surface area contributed by atoms with Gasteiger partial charge in [0, 0.05) is 19.6 Å². The summed E-state index contributed by atoms with van der Waals surface area (Å²) in [6, 6.07) is 22.5. The average molecular weight is 508 g/mol. The van der Waals surface area contributed by atoms with Gasteiger partial charge in [0.05, 0.1) is 16.6 Å². The highest BCUT2D eigenvalue weighted by atomic mass is 32.2. The molecule has 2 saturated heterocycles. The molecule has 5 rings (SSSR count). The number of amides is 1. The zero-order valence-electron chi connectivity index (χ0n) is 20.2. The molecule has 8 heteroatoms. The maximum Gasteiger partial charge on any atom is 0.243 e. The Balaban J connectivity index is 1.39. The van der Waals surface area contributed by atoms with Gasteiger partial charge in [0.15, 0.2) is 0 Å². The summed E-state index contributed by atoms with van der Waals surface area (Å²) < 4.78 is 41.5. The molecule has 2 aliphatic rings. The Labute approximate surface area is 211 Å². The Bertz CT molecular complexity index is 1320. The lowest BCUT2D eigenvalue weighted by Crippen LogP contribution is -2.59. The Morgan fingerprint density at radius 2 is 1.56 bits per heavy atom. The van der Waals surface area contributed by atoms with Gasteiger partial charge in [-0.3, -0.25) is 10.1 Å². The fourth-order valence-electron chi connectivity index (χ4n) is 5.22. The fraction of sp³-hybridized carbons (Fsp3) is 0.321. The number of piperidine rings is 1. The van der Waals surface area contributed by atoms with Gasteiger partial charge in [-0.2, -0.15) is 4.31 Å². The SMILES string of the molecule is Cc1ccc(S(=O)(=O)N2CCC3(CC2)N[C@H](Cc2ccccc2)C(=O)N3Cc2ccc(F)cc2)cc1. The number of nitrogens with one attached hydrogen (secondary N) is 1. The minimum absolute atomic E-state index is 0.0157. The second-order valence-electron chi connectivity index (χ2n) is 9.69. The molecule has 36 heavy (non-hydrogen) atoms.